The Morgan fingerprint density at radius 1 is 1.19 bits per heavy atom. The van der Waals surface area contributed by atoms with Gasteiger partial charge in [0.05, 0.1) is 6.04 Å². The molecule has 2 aliphatic rings. The van der Waals surface area contributed by atoms with Crippen molar-refractivity contribution < 1.29 is 14.3 Å². The first kappa shape index (κ1) is 17.3. The number of nitrogens with zero attached hydrogens (tertiary/aromatic N) is 1. The van der Waals surface area contributed by atoms with Crippen molar-refractivity contribution in [1.82, 2.24) is 4.90 Å². The molecule has 1 saturated heterocycles. The largest absolute Gasteiger partial charge is 0.454 e. The van der Waals surface area contributed by atoms with Crippen LogP contribution in [0.2, 0.25) is 0 Å². The molecule has 2 aromatic carbocycles. The van der Waals surface area contributed by atoms with Gasteiger partial charge < -0.3 is 14.4 Å². The summed E-state index contributed by atoms with van der Waals surface area (Å²) in [5.74, 6) is 2.61. The number of hydrogen-bond acceptors (Lipinski definition) is 4. The van der Waals surface area contributed by atoms with Crippen molar-refractivity contribution in [1.29, 1.82) is 0 Å². The molecule has 0 radical (unpaired) electrons. The van der Waals surface area contributed by atoms with Gasteiger partial charge in [0.15, 0.2) is 11.5 Å². The van der Waals surface area contributed by atoms with Gasteiger partial charge in [-0.1, -0.05) is 31.2 Å². The van der Waals surface area contributed by atoms with E-state index >= 15 is 0 Å². The van der Waals surface area contributed by atoms with Gasteiger partial charge in [-0.15, -0.1) is 11.8 Å². The lowest BCUT2D eigenvalue weighted by atomic mass is 10.0. The van der Waals surface area contributed by atoms with E-state index in [0.29, 0.717) is 0 Å². The molecule has 4 nitrogen and oxygen atoms in total. The first-order valence-corrected chi connectivity index (χ1v) is 10.1. The molecule has 136 valence electrons. The van der Waals surface area contributed by atoms with Crippen molar-refractivity contribution in [3.63, 3.8) is 0 Å². The fourth-order valence-electron chi connectivity index (χ4n) is 3.59. The molecule has 26 heavy (non-hydrogen) atoms. The molecule has 0 bridgehead atoms. The number of carbonyl (C=O) groups is 1. The Balaban J connectivity index is 1.43. The number of thioether (sulfide) groups is 1. The van der Waals surface area contributed by atoms with Crippen LogP contribution in [0, 0.1) is 5.92 Å². The van der Waals surface area contributed by atoms with E-state index in [9.17, 15) is 4.79 Å². The minimum Gasteiger partial charge on any atom is -0.454 e. The fraction of sp³-hybridized carbons (Fsp3) is 0.381. The monoisotopic (exact) mass is 369 g/mol. The Morgan fingerprint density at radius 2 is 2.00 bits per heavy atom. The summed E-state index contributed by atoms with van der Waals surface area (Å²) in [7, 11) is 0. The standard InChI is InChI=1S/C21H23NO3S/c1-15(13-26-17-6-3-2-4-7-17)21(23)22-11-5-8-18(22)16-9-10-19-20(12-16)25-14-24-19/h2-4,6-7,9-10,12,15,18H,5,8,11,13-14H2,1H3. The molecule has 2 unspecified atom stereocenters. The quantitative estimate of drug-likeness (QED) is 0.727. The highest BCUT2D eigenvalue weighted by molar-refractivity contribution is 7.99. The number of ether oxygens (including phenoxy) is 2. The molecule has 2 heterocycles. The second kappa shape index (κ2) is 7.62. The highest BCUT2D eigenvalue weighted by Crippen LogP contribution is 2.39. The van der Waals surface area contributed by atoms with Crippen LogP contribution < -0.4 is 9.47 Å². The third-order valence-corrected chi connectivity index (χ3v) is 6.25. The first-order chi connectivity index (χ1) is 12.7. The normalized spacial score (nSPS) is 19.6. The van der Waals surface area contributed by atoms with Gasteiger partial charge >= 0.3 is 0 Å². The second-order valence-corrected chi connectivity index (χ2v) is 7.92. The predicted molar refractivity (Wildman–Crippen MR) is 103 cm³/mol. The highest BCUT2D eigenvalue weighted by Gasteiger charge is 2.33. The Bertz CT molecular complexity index is 780. The van der Waals surface area contributed by atoms with E-state index in [1.54, 1.807) is 11.8 Å². The van der Waals surface area contributed by atoms with E-state index in [2.05, 4.69) is 18.2 Å². The fourth-order valence-corrected chi connectivity index (χ4v) is 4.52. The summed E-state index contributed by atoms with van der Waals surface area (Å²) in [5.41, 5.74) is 1.14. The lowest BCUT2D eigenvalue weighted by molar-refractivity contribution is -0.135. The summed E-state index contributed by atoms with van der Waals surface area (Å²) in [6.07, 6.45) is 2.05. The molecular formula is C21H23NO3S. The van der Waals surface area contributed by atoms with E-state index in [0.717, 1.165) is 42.2 Å². The van der Waals surface area contributed by atoms with Crippen LogP contribution >= 0.6 is 11.8 Å². The van der Waals surface area contributed by atoms with Gasteiger partial charge in [-0.2, -0.15) is 0 Å². The highest BCUT2D eigenvalue weighted by atomic mass is 32.2. The summed E-state index contributed by atoms with van der Waals surface area (Å²) in [6.45, 7) is 3.14. The molecule has 0 spiro atoms. The predicted octanol–water partition coefficient (Wildman–Crippen LogP) is 4.51. The van der Waals surface area contributed by atoms with Crippen molar-refractivity contribution >= 4 is 17.7 Å². The summed E-state index contributed by atoms with van der Waals surface area (Å²) in [5, 5.41) is 0. The lowest BCUT2D eigenvalue weighted by Gasteiger charge is -2.28. The van der Waals surface area contributed by atoms with Crippen LogP contribution in [-0.2, 0) is 4.79 Å². The molecule has 1 fully saturated rings. The molecule has 0 saturated carbocycles. The molecule has 2 aliphatic heterocycles. The molecular weight excluding hydrogens is 346 g/mol. The summed E-state index contributed by atoms with van der Waals surface area (Å²) >= 11 is 1.74. The van der Waals surface area contributed by atoms with Crippen molar-refractivity contribution in [2.24, 2.45) is 5.92 Å². The number of carbonyl (C=O) groups excluding carboxylic acids is 1. The van der Waals surface area contributed by atoms with Crippen molar-refractivity contribution in [3.05, 3.63) is 54.1 Å². The van der Waals surface area contributed by atoms with Gasteiger partial charge in [0.25, 0.3) is 0 Å². The van der Waals surface area contributed by atoms with E-state index < -0.39 is 0 Å². The van der Waals surface area contributed by atoms with Gasteiger partial charge in [-0.05, 0) is 42.7 Å². The van der Waals surface area contributed by atoms with Gasteiger partial charge in [-0.3, -0.25) is 4.79 Å². The first-order valence-electron chi connectivity index (χ1n) is 9.10. The number of likely N-dealkylation sites (tertiary alicyclic amines) is 1. The summed E-state index contributed by atoms with van der Waals surface area (Å²) < 4.78 is 10.9. The maximum absolute atomic E-state index is 13.0. The molecule has 1 amide bonds. The van der Waals surface area contributed by atoms with E-state index in [1.165, 1.54) is 4.90 Å². The second-order valence-electron chi connectivity index (χ2n) is 6.83. The number of rotatable bonds is 5. The average molecular weight is 369 g/mol. The van der Waals surface area contributed by atoms with Crippen LogP contribution in [0.4, 0.5) is 0 Å². The maximum Gasteiger partial charge on any atom is 0.231 e. The van der Waals surface area contributed by atoms with E-state index in [-0.39, 0.29) is 24.7 Å². The zero-order valence-electron chi connectivity index (χ0n) is 14.9. The third kappa shape index (κ3) is 3.54. The molecule has 4 rings (SSSR count). The topological polar surface area (TPSA) is 38.8 Å². The molecule has 2 aromatic rings. The van der Waals surface area contributed by atoms with E-state index in [1.807, 2.05) is 42.2 Å². The summed E-state index contributed by atoms with van der Waals surface area (Å²) in [6, 6.07) is 16.4. The van der Waals surface area contributed by atoms with Crippen molar-refractivity contribution in [2.75, 3.05) is 19.1 Å². The third-order valence-electron chi connectivity index (χ3n) is 4.98. The number of amides is 1. The number of fused-ring (bicyclic) bond motifs is 1. The zero-order chi connectivity index (χ0) is 17.9. The van der Waals surface area contributed by atoms with Crippen LogP contribution in [0.25, 0.3) is 0 Å². The van der Waals surface area contributed by atoms with Gasteiger partial charge in [0, 0.05) is 23.1 Å². The van der Waals surface area contributed by atoms with Crippen LogP contribution in [0.5, 0.6) is 11.5 Å². The minimum absolute atomic E-state index is 0.00480. The van der Waals surface area contributed by atoms with Gasteiger partial charge in [0.2, 0.25) is 12.7 Å². The SMILES string of the molecule is CC(CSc1ccccc1)C(=O)N1CCCC1c1ccc2c(c1)OCO2. The Labute approximate surface area is 158 Å². The van der Waals surface area contributed by atoms with Gasteiger partial charge in [0.1, 0.15) is 0 Å². The Kier molecular flexibility index (Phi) is 5.07. The van der Waals surface area contributed by atoms with Crippen molar-refractivity contribution in [3.8, 4) is 11.5 Å². The van der Waals surface area contributed by atoms with Crippen LogP contribution in [0.3, 0.4) is 0 Å². The number of hydrogen-bond donors (Lipinski definition) is 0. The Hall–Kier alpha value is -2.14. The molecule has 0 aromatic heterocycles. The van der Waals surface area contributed by atoms with Crippen LogP contribution in [-0.4, -0.2) is 29.9 Å². The molecule has 0 aliphatic carbocycles. The van der Waals surface area contributed by atoms with Gasteiger partial charge in [-0.25, -0.2) is 0 Å². The van der Waals surface area contributed by atoms with Crippen LogP contribution in [0.15, 0.2) is 53.4 Å². The van der Waals surface area contributed by atoms with Crippen LogP contribution in [0.1, 0.15) is 31.4 Å². The minimum atomic E-state index is -0.00480. The zero-order valence-corrected chi connectivity index (χ0v) is 15.7. The number of benzene rings is 2. The average Bonchev–Trinajstić information content (AvgIpc) is 3.34. The molecule has 5 heteroatoms. The van der Waals surface area contributed by atoms with Crippen molar-refractivity contribution in [2.45, 2.75) is 30.7 Å². The molecule has 0 N–H and O–H groups in total. The lowest BCUT2D eigenvalue weighted by Crippen LogP contribution is -2.35. The summed E-state index contributed by atoms with van der Waals surface area (Å²) in [4.78, 5) is 16.3. The Morgan fingerprint density at radius 3 is 2.85 bits per heavy atom. The molecule has 2 atom stereocenters. The smallest absolute Gasteiger partial charge is 0.231 e. The van der Waals surface area contributed by atoms with E-state index in [4.69, 9.17) is 9.47 Å². The maximum atomic E-state index is 13.0.